The molecule has 0 aliphatic rings. The van der Waals surface area contributed by atoms with Crippen molar-refractivity contribution in [1.29, 1.82) is 0 Å². The van der Waals surface area contributed by atoms with Crippen molar-refractivity contribution >= 4 is 54.6 Å². The number of aromatic nitrogens is 4. The molecule has 0 spiro atoms. The molecule has 6 nitrogen and oxygen atoms in total. The second kappa shape index (κ2) is 12.1. The lowest BCUT2D eigenvalue weighted by atomic mass is 10.00. The summed E-state index contributed by atoms with van der Waals surface area (Å²) < 4.78 is 13.2. The van der Waals surface area contributed by atoms with Gasteiger partial charge in [0.05, 0.1) is 5.56 Å². The molecule has 0 unspecified atom stereocenters. The molecule has 3 heterocycles. The van der Waals surface area contributed by atoms with Gasteiger partial charge in [-0.05, 0) is 63.0 Å². The van der Waals surface area contributed by atoms with Gasteiger partial charge in [0.2, 0.25) is 5.89 Å². The summed E-state index contributed by atoms with van der Waals surface area (Å²) in [7, 11) is 0. The monoisotopic (exact) mass is 692 g/mol. The Hall–Kier alpha value is -7.44. The third kappa shape index (κ3) is 5.04. The zero-order valence-corrected chi connectivity index (χ0v) is 28.8. The molecule has 8 aromatic carbocycles. The number of furan rings is 1. The Labute approximate surface area is 309 Å². The summed E-state index contributed by atoms with van der Waals surface area (Å²) in [6.45, 7) is 0. The van der Waals surface area contributed by atoms with Crippen LogP contribution in [-0.4, -0.2) is 19.9 Å². The molecule has 0 atom stereocenters. The molecular formula is C48H28N4O2. The van der Waals surface area contributed by atoms with Crippen molar-refractivity contribution in [2.24, 2.45) is 0 Å². The molecule has 0 bridgehead atoms. The van der Waals surface area contributed by atoms with Gasteiger partial charge in [-0.2, -0.15) is 0 Å². The molecule has 11 aromatic rings. The molecule has 0 saturated heterocycles. The lowest BCUT2D eigenvalue weighted by Gasteiger charge is -2.10. The Morgan fingerprint density at radius 1 is 0.352 bits per heavy atom. The van der Waals surface area contributed by atoms with Gasteiger partial charge in [0, 0.05) is 33.5 Å². The normalized spacial score (nSPS) is 11.7. The topological polar surface area (TPSA) is 77.8 Å². The van der Waals surface area contributed by atoms with Crippen LogP contribution in [0.4, 0.5) is 0 Å². The standard InChI is InChI=1S/C48H28N4O2/c1-3-11-29(12-4-1)33-20-21-35-26-36(23-22-34(35)25-33)46-50-45(31-14-5-2-6-15-31)51-47(52-46)43-42-38-17-9-10-18-40(38)53-41(42)28-39-44(43)54-48(49-39)37-24-19-30-13-7-8-16-32(30)27-37/h1-28H. The van der Waals surface area contributed by atoms with E-state index < -0.39 is 0 Å². The summed E-state index contributed by atoms with van der Waals surface area (Å²) >= 11 is 0. The van der Waals surface area contributed by atoms with Crippen molar-refractivity contribution in [1.82, 2.24) is 19.9 Å². The van der Waals surface area contributed by atoms with E-state index in [-0.39, 0.29) is 0 Å². The minimum Gasteiger partial charge on any atom is -0.456 e. The van der Waals surface area contributed by atoms with Gasteiger partial charge >= 0.3 is 0 Å². The Balaban J connectivity index is 1.15. The van der Waals surface area contributed by atoms with Crippen LogP contribution in [0.2, 0.25) is 0 Å². The van der Waals surface area contributed by atoms with E-state index in [4.69, 9.17) is 28.8 Å². The van der Waals surface area contributed by atoms with E-state index in [0.29, 0.717) is 45.6 Å². The number of nitrogens with zero attached hydrogens (tertiary/aromatic N) is 4. The molecule has 54 heavy (non-hydrogen) atoms. The minimum absolute atomic E-state index is 0.474. The predicted molar refractivity (Wildman–Crippen MR) is 217 cm³/mol. The van der Waals surface area contributed by atoms with Crippen molar-refractivity contribution in [2.45, 2.75) is 0 Å². The molecule has 0 aliphatic carbocycles. The zero-order valence-electron chi connectivity index (χ0n) is 28.8. The van der Waals surface area contributed by atoms with Crippen LogP contribution in [0, 0.1) is 0 Å². The van der Waals surface area contributed by atoms with Gasteiger partial charge in [-0.15, -0.1) is 0 Å². The van der Waals surface area contributed by atoms with Gasteiger partial charge in [-0.1, -0.05) is 133 Å². The highest BCUT2D eigenvalue weighted by Crippen LogP contribution is 2.43. The number of oxazole rings is 1. The average molecular weight is 693 g/mol. The van der Waals surface area contributed by atoms with Gasteiger partial charge < -0.3 is 8.83 Å². The zero-order chi connectivity index (χ0) is 35.6. The maximum Gasteiger partial charge on any atom is 0.227 e. The van der Waals surface area contributed by atoms with Crippen LogP contribution in [0.25, 0.3) is 111 Å². The molecule has 252 valence electrons. The Kier molecular flexibility index (Phi) is 6.75. The molecule has 0 N–H and O–H groups in total. The largest absolute Gasteiger partial charge is 0.456 e. The molecule has 11 rings (SSSR count). The van der Waals surface area contributed by atoms with Crippen LogP contribution in [0.3, 0.4) is 0 Å². The molecule has 0 radical (unpaired) electrons. The third-order valence-corrected chi connectivity index (χ3v) is 10.1. The number of benzene rings is 8. The Morgan fingerprint density at radius 3 is 1.74 bits per heavy atom. The molecule has 3 aromatic heterocycles. The second-order valence-electron chi connectivity index (χ2n) is 13.5. The third-order valence-electron chi connectivity index (χ3n) is 10.1. The van der Waals surface area contributed by atoms with Crippen LogP contribution in [0.5, 0.6) is 0 Å². The quantitative estimate of drug-likeness (QED) is 0.179. The first-order valence-corrected chi connectivity index (χ1v) is 17.9. The maximum absolute atomic E-state index is 6.76. The van der Waals surface area contributed by atoms with Gasteiger partial charge in [-0.3, -0.25) is 0 Å². The van der Waals surface area contributed by atoms with Crippen LogP contribution < -0.4 is 0 Å². The number of hydrogen-bond acceptors (Lipinski definition) is 6. The fourth-order valence-corrected chi connectivity index (χ4v) is 7.46. The fraction of sp³-hybridized carbons (Fsp3) is 0. The molecule has 0 aliphatic heterocycles. The van der Waals surface area contributed by atoms with Crippen LogP contribution >= 0.6 is 0 Å². The summed E-state index contributed by atoms with van der Waals surface area (Å²) in [5.41, 5.74) is 8.38. The van der Waals surface area contributed by atoms with E-state index in [1.165, 1.54) is 11.1 Å². The van der Waals surface area contributed by atoms with Crippen molar-refractivity contribution in [3.8, 4) is 56.7 Å². The van der Waals surface area contributed by atoms with Crippen LogP contribution in [0.15, 0.2) is 179 Å². The Bertz CT molecular complexity index is 3220. The summed E-state index contributed by atoms with van der Waals surface area (Å²) in [5.74, 6) is 2.10. The summed E-state index contributed by atoms with van der Waals surface area (Å²) in [5, 5.41) is 6.29. The van der Waals surface area contributed by atoms with Crippen molar-refractivity contribution < 1.29 is 8.83 Å². The van der Waals surface area contributed by atoms with Crippen LogP contribution in [0.1, 0.15) is 0 Å². The first-order valence-electron chi connectivity index (χ1n) is 17.9. The smallest absolute Gasteiger partial charge is 0.227 e. The summed E-state index contributed by atoms with van der Waals surface area (Å²) in [4.78, 5) is 20.5. The predicted octanol–water partition coefficient (Wildman–Crippen LogP) is 12.6. The summed E-state index contributed by atoms with van der Waals surface area (Å²) in [6.07, 6.45) is 0. The summed E-state index contributed by atoms with van der Waals surface area (Å²) in [6, 6.07) is 57.8. The number of hydrogen-bond donors (Lipinski definition) is 0. The van der Waals surface area contributed by atoms with Gasteiger partial charge in [0.15, 0.2) is 23.1 Å². The van der Waals surface area contributed by atoms with E-state index in [0.717, 1.165) is 54.6 Å². The highest BCUT2D eigenvalue weighted by molar-refractivity contribution is 6.18. The molecule has 6 heteroatoms. The van der Waals surface area contributed by atoms with Gasteiger partial charge in [-0.25, -0.2) is 19.9 Å². The molecule has 0 saturated carbocycles. The van der Waals surface area contributed by atoms with Crippen molar-refractivity contribution in [3.05, 3.63) is 170 Å². The lowest BCUT2D eigenvalue weighted by molar-refractivity contribution is 0.620. The Morgan fingerprint density at radius 2 is 0.926 bits per heavy atom. The SMILES string of the molecule is c1ccc(-c2ccc3cc(-c4nc(-c5ccccc5)nc(-c5c6oc(-c7ccc8ccccc8c7)nc6cc6oc7ccccc7c56)n4)ccc3c2)cc1. The van der Waals surface area contributed by atoms with E-state index in [2.05, 4.69) is 91.0 Å². The van der Waals surface area contributed by atoms with E-state index in [1.54, 1.807) is 0 Å². The van der Waals surface area contributed by atoms with Gasteiger partial charge in [0.25, 0.3) is 0 Å². The maximum atomic E-state index is 6.76. The molecular weight excluding hydrogens is 665 g/mol. The average Bonchev–Trinajstić information content (AvgIpc) is 3.84. The lowest BCUT2D eigenvalue weighted by Crippen LogP contribution is -2.01. The van der Waals surface area contributed by atoms with Gasteiger partial charge in [0.1, 0.15) is 16.7 Å². The van der Waals surface area contributed by atoms with Crippen molar-refractivity contribution in [3.63, 3.8) is 0 Å². The van der Waals surface area contributed by atoms with Crippen molar-refractivity contribution in [2.75, 3.05) is 0 Å². The minimum atomic E-state index is 0.474. The number of fused-ring (bicyclic) bond motifs is 6. The molecule has 0 fully saturated rings. The number of para-hydroxylation sites is 1. The highest BCUT2D eigenvalue weighted by atomic mass is 16.4. The fourth-order valence-electron chi connectivity index (χ4n) is 7.46. The number of rotatable bonds is 5. The second-order valence-corrected chi connectivity index (χ2v) is 13.5. The van der Waals surface area contributed by atoms with E-state index in [1.807, 2.05) is 78.9 Å². The van der Waals surface area contributed by atoms with E-state index >= 15 is 0 Å². The first-order chi connectivity index (χ1) is 26.7. The van der Waals surface area contributed by atoms with Crippen LogP contribution in [-0.2, 0) is 0 Å². The first kappa shape index (κ1) is 30.2. The molecule has 0 amide bonds. The van der Waals surface area contributed by atoms with E-state index in [9.17, 15) is 0 Å². The highest BCUT2D eigenvalue weighted by Gasteiger charge is 2.25.